The SMILES string of the molecule is O=C1CCC(Cc2ccc(-c3ccccc3)cc2)N1. The Balaban J connectivity index is 1.71. The van der Waals surface area contributed by atoms with E-state index in [2.05, 4.69) is 53.8 Å². The van der Waals surface area contributed by atoms with Gasteiger partial charge in [0, 0.05) is 12.5 Å². The Bertz CT molecular complexity index is 560. The minimum absolute atomic E-state index is 0.186. The lowest BCUT2D eigenvalue weighted by atomic mass is 10.0. The number of carbonyl (C=O) groups excluding carboxylic acids is 1. The van der Waals surface area contributed by atoms with Crippen LogP contribution in [0.25, 0.3) is 11.1 Å². The number of carbonyl (C=O) groups is 1. The summed E-state index contributed by atoms with van der Waals surface area (Å²) in [5, 5.41) is 3.01. The molecule has 0 bridgehead atoms. The van der Waals surface area contributed by atoms with E-state index in [9.17, 15) is 4.79 Å². The van der Waals surface area contributed by atoms with Crippen LogP contribution in [-0.2, 0) is 11.2 Å². The third-order valence-corrected chi connectivity index (χ3v) is 3.63. The number of benzene rings is 2. The Morgan fingerprint density at radius 2 is 1.63 bits per heavy atom. The summed E-state index contributed by atoms with van der Waals surface area (Å²) in [7, 11) is 0. The van der Waals surface area contributed by atoms with Gasteiger partial charge in [-0.1, -0.05) is 54.6 Å². The zero-order valence-corrected chi connectivity index (χ0v) is 10.8. The first-order valence-corrected chi connectivity index (χ1v) is 6.75. The fraction of sp³-hybridized carbons (Fsp3) is 0.235. The van der Waals surface area contributed by atoms with Crippen molar-refractivity contribution in [3.05, 3.63) is 60.2 Å². The predicted molar refractivity (Wildman–Crippen MR) is 76.7 cm³/mol. The van der Waals surface area contributed by atoms with Crippen LogP contribution in [0.1, 0.15) is 18.4 Å². The predicted octanol–water partition coefficient (Wildman–Crippen LogP) is 3.17. The van der Waals surface area contributed by atoms with Crippen LogP contribution in [0.2, 0.25) is 0 Å². The molecule has 0 saturated carbocycles. The molecular formula is C17H17NO. The van der Waals surface area contributed by atoms with E-state index >= 15 is 0 Å². The molecule has 0 radical (unpaired) electrons. The maximum Gasteiger partial charge on any atom is 0.220 e. The Morgan fingerprint density at radius 3 is 2.26 bits per heavy atom. The summed E-state index contributed by atoms with van der Waals surface area (Å²) in [4.78, 5) is 11.2. The van der Waals surface area contributed by atoms with E-state index in [1.165, 1.54) is 16.7 Å². The van der Waals surface area contributed by atoms with Crippen molar-refractivity contribution in [3.63, 3.8) is 0 Å². The van der Waals surface area contributed by atoms with Crippen molar-refractivity contribution < 1.29 is 4.79 Å². The first kappa shape index (κ1) is 12.0. The average molecular weight is 251 g/mol. The molecule has 1 aliphatic heterocycles. The molecule has 0 spiro atoms. The van der Waals surface area contributed by atoms with Crippen molar-refractivity contribution in [1.82, 2.24) is 5.32 Å². The van der Waals surface area contributed by atoms with Crippen molar-refractivity contribution in [2.75, 3.05) is 0 Å². The minimum atomic E-state index is 0.186. The van der Waals surface area contributed by atoms with E-state index in [1.54, 1.807) is 0 Å². The van der Waals surface area contributed by atoms with Crippen LogP contribution in [0.5, 0.6) is 0 Å². The molecule has 0 aliphatic carbocycles. The highest BCUT2D eigenvalue weighted by Crippen LogP contribution is 2.20. The third kappa shape index (κ3) is 2.84. The Morgan fingerprint density at radius 1 is 0.947 bits per heavy atom. The van der Waals surface area contributed by atoms with Crippen LogP contribution in [0.4, 0.5) is 0 Å². The van der Waals surface area contributed by atoms with Crippen molar-refractivity contribution in [2.45, 2.75) is 25.3 Å². The molecule has 19 heavy (non-hydrogen) atoms. The van der Waals surface area contributed by atoms with Gasteiger partial charge in [-0.2, -0.15) is 0 Å². The lowest BCUT2D eigenvalue weighted by molar-refractivity contribution is -0.119. The second kappa shape index (κ2) is 5.27. The number of hydrogen-bond acceptors (Lipinski definition) is 1. The molecule has 3 rings (SSSR count). The van der Waals surface area contributed by atoms with E-state index in [0.717, 1.165) is 12.8 Å². The Hall–Kier alpha value is -2.09. The van der Waals surface area contributed by atoms with Gasteiger partial charge in [-0.25, -0.2) is 0 Å². The van der Waals surface area contributed by atoms with Crippen LogP contribution in [0.15, 0.2) is 54.6 Å². The minimum Gasteiger partial charge on any atom is -0.353 e. The van der Waals surface area contributed by atoms with Gasteiger partial charge >= 0.3 is 0 Å². The van der Waals surface area contributed by atoms with Crippen LogP contribution >= 0.6 is 0 Å². The highest BCUT2D eigenvalue weighted by atomic mass is 16.1. The first-order valence-electron chi connectivity index (χ1n) is 6.75. The molecule has 1 atom stereocenters. The maximum atomic E-state index is 11.2. The third-order valence-electron chi connectivity index (χ3n) is 3.63. The summed E-state index contributed by atoms with van der Waals surface area (Å²) in [5.74, 6) is 0.186. The highest BCUT2D eigenvalue weighted by molar-refractivity contribution is 5.78. The van der Waals surface area contributed by atoms with Crippen molar-refractivity contribution in [1.29, 1.82) is 0 Å². The van der Waals surface area contributed by atoms with Crippen LogP contribution in [0, 0.1) is 0 Å². The van der Waals surface area contributed by atoms with Crippen LogP contribution in [0.3, 0.4) is 0 Å². The van der Waals surface area contributed by atoms with Crippen molar-refractivity contribution in [2.24, 2.45) is 0 Å². The summed E-state index contributed by atoms with van der Waals surface area (Å²) in [6.07, 6.45) is 2.56. The summed E-state index contributed by atoms with van der Waals surface area (Å²) in [5.41, 5.74) is 3.76. The van der Waals surface area contributed by atoms with Crippen LogP contribution < -0.4 is 5.32 Å². The molecular weight excluding hydrogens is 234 g/mol. The van der Waals surface area contributed by atoms with Gasteiger partial charge in [-0.3, -0.25) is 4.79 Å². The van der Waals surface area contributed by atoms with Gasteiger partial charge in [0.15, 0.2) is 0 Å². The first-order chi connectivity index (χ1) is 9.31. The fourth-order valence-corrected chi connectivity index (χ4v) is 2.58. The van der Waals surface area contributed by atoms with E-state index in [1.807, 2.05) is 6.07 Å². The standard InChI is InChI=1S/C17H17NO/c19-17-11-10-16(18-17)12-13-6-8-15(9-7-13)14-4-2-1-3-5-14/h1-9,16H,10-12H2,(H,18,19). The second-order valence-electron chi connectivity index (χ2n) is 5.07. The van der Waals surface area contributed by atoms with Crippen molar-refractivity contribution in [3.8, 4) is 11.1 Å². The van der Waals surface area contributed by atoms with Gasteiger partial charge in [-0.15, -0.1) is 0 Å². The van der Waals surface area contributed by atoms with E-state index < -0.39 is 0 Å². The summed E-state index contributed by atoms with van der Waals surface area (Å²) >= 11 is 0. The summed E-state index contributed by atoms with van der Waals surface area (Å²) in [6.45, 7) is 0. The largest absolute Gasteiger partial charge is 0.353 e. The normalized spacial score (nSPS) is 18.3. The summed E-state index contributed by atoms with van der Waals surface area (Å²) in [6, 6.07) is 19.3. The van der Waals surface area contributed by atoms with E-state index in [4.69, 9.17) is 0 Å². The zero-order chi connectivity index (χ0) is 13.1. The molecule has 2 nitrogen and oxygen atoms in total. The van der Waals surface area contributed by atoms with Gasteiger partial charge in [0.1, 0.15) is 0 Å². The Kier molecular flexibility index (Phi) is 3.32. The molecule has 0 aromatic heterocycles. The molecule has 1 fully saturated rings. The van der Waals surface area contributed by atoms with Gasteiger partial charge in [-0.05, 0) is 29.5 Å². The van der Waals surface area contributed by atoms with Crippen LogP contribution in [-0.4, -0.2) is 11.9 Å². The van der Waals surface area contributed by atoms with Gasteiger partial charge in [0.2, 0.25) is 5.91 Å². The summed E-state index contributed by atoms with van der Waals surface area (Å²) < 4.78 is 0. The number of amides is 1. The highest BCUT2D eigenvalue weighted by Gasteiger charge is 2.20. The van der Waals surface area contributed by atoms with E-state index in [0.29, 0.717) is 12.5 Å². The number of hydrogen-bond donors (Lipinski definition) is 1. The van der Waals surface area contributed by atoms with Gasteiger partial charge in [0.25, 0.3) is 0 Å². The molecule has 96 valence electrons. The lowest BCUT2D eigenvalue weighted by Gasteiger charge is -2.10. The zero-order valence-electron chi connectivity index (χ0n) is 10.8. The molecule has 2 heteroatoms. The van der Waals surface area contributed by atoms with Crippen molar-refractivity contribution >= 4 is 5.91 Å². The van der Waals surface area contributed by atoms with Gasteiger partial charge in [0.05, 0.1) is 0 Å². The fourth-order valence-electron chi connectivity index (χ4n) is 2.58. The molecule has 1 heterocycles. The smallest absolute Gasteiger partial charge is 0.220 e. The topological polar surface area (TPSA) is 29.1 Å². The quantitative estimate of drug-likeness (QED) is 0.892. The second-order valence-corrected chi connectivity index (χ2v) is 5.07. The number of nitrogens with one attached hydrogen (secondary N) is 1. The molecule has 1 aliphatic rings. The Labute approximate surface area is 113 Å². The molecule has 1 unspecified atom stereocenters. The number of rotatable bonds is 3. The van der Waals surface area contributed by atoms with Gasteiger partial charge < -0.3 is 5.32 Å². The molecule has 2 aromatic carbocycles. The lowest BCUT2D eigenvalue weighted by Crippen LogP contribution is -2.27. The maximum absolute atomic E-state index is 11.2. The molecule has 1 saturated heterocycles. The monoisotopic (exact) mass is 251 g/mol. The molecule has 2 aromatic rings. The molecule has 1 amide bonds. The average Bonchev–Trinajstić information content (AvgIpc) is 2.86. The molecule has 1 N–H and O–H groups in total. The van der Waals surface area contributed by atoms with E-state index in [-0.39, 0.29) is 5.91 Å².